The molecule has 1 amide bonds. The Balaban J connectivity index is 1.84. The maximum atomic E-state index is 13.4. The van der Waals surface area contributed by atoms with Gasteiger partial charge in [0.2, 0.25) is 5.91 Å². The third-order valence-electron chi connectivity index (χ3n) is 3.92. The Bertz CT molecular complexity index is 697. The number of hydrogen-bond acceptors (Lipinski definition) is 2. The van der Waals surface area contributed by atoms with Crippen LogP contribution in [0.2, 0.25) is 0 Å². The Hall–Kier alpha value is -1.88. The van der Waals surface area contributed by atoms with E-state index in [4.69, 9.17) is 0 Å². The van der Waals surface area contributed by atoms with E-state index in [0.29, 0.717) is 11.3 Å². The fourth-order valence-corrected chi connectivity index (χ4v) is 3.91. The van der Waals surface area contributed by atoms with E-state index < -0.39 is 11.6 Å². The lowest BCUT2D eigenvalue weighted by Crippen LogP contribution is -2.27. The zero-order valence-electron chi connectivity index (χ0n) is 12.8. The molecule has 0 radical (unpaired) electrons. The normalized spacial score (nSPS) is 17.8. The Morgan fingerprint density at radius 1 is 1.09 bits per heavy atom. The van der Waals surface area contributed by atoms with Crippen molar-refractivity contribution in [2.75, 3.05) is 5.75 Å². The van der Waals surface area contributed by atoms with Gasteiger partial charge in [-0.05, 0) is 35.2 Å². The maximum Gasteiger partial charge on any atom is 0.234 e. The Morgan fingerprint density at radius 3 is 2.35 bits per heavy atom. The van der Waals surface area contributed by atoms with Crippen molar-refractivity contribution >= 4 is 17.7 Å². The number of carbonyl (C=O) groups is 1. The van der Waals surface area contributed by atoms with Crippen molar-refractivity contribution in [3.8, 4) is 0 Å². The quantitative estimate of drug-likeness (QED) is 0.831. The van der Waals surface area contributed by atoms with Gasteiger partial charge in [0.05, 0.1) is 5.75 Å². The molecule has 1 saturated heterocycles. The molecule has 0 aliphatic carbocycles. The number of aryl methyl sites for hydroxylation is 1. The minimum absolute atomic E-state index is 0.00997. The number of hydrogen-bond donors (Lipinski definition) is 0. The topological polar surface area (TPSA) is 20.3 Å². The second kappa shape index (κ2) is 6.71. The average molecular weight is 333 g/mol. The van der Waals surface area contributed by atoms with Gasteiger partial charge in [0, 0.05) is 12.6 Å². The van der Waals surface area contributed by atoms with Gasteiger partial charge in [-0.25, -0.2) is 8.78 Å². The van der Waals surface area contributed by atoms with E-state index in [-0.39, 0.29) is 17.8 Å². The van der Waals surface area contributed by atoms with Crippen LogP contribution in [0.5, 0.6) is 0 Å². The van der Waals surface area contributed by atoms with Gasteiger partial charge in [-0.15, -0.1) is 11.8 Å². The summed E-state index contributed by atoms with van der Waals surface area (Å²) in [5.41, 5.74) is 2.74. The van der Waals surface area contributed by atoms with Gasteiger partial charge in [-0.3, -0.25) is 4.79 Å². The number of rotatable bonds is 4. The molecule has 1 heterocycles. The van der Waals surface area contributed by atoms with Crippen molar-refractivity contribution in [2.45, 2.75) is 25.3 Å². The second-order valence-electron chi connectivity index (χ2n) is 5.56. The highest BCUT2D eigenvalue weighted by molar-refractivity contribution is 8.00. The molecule has 120 valence electrons. The summed E-state index contributed by atoms with van der Waals surface area (Å²) in [5, 5.41) is -0.111. The smallest absolute Gasteiger partial charge is 0.234 e. The number of benzene rings is 2. The predicted octanol–water partition coefficient (Wildman–Crippen LogP) is 4.30. The Labute approximate surface area is 138 Å². The van der Waals surface area contributed by atoms with E-state index in [2.05, 4.69) is 19.1 Å². The molecule has 2 aromatic rings. The van der Waals surface area contributed by atoms with Crippen LogP contribution < -0.4 is 0 Å². The van der Waals surface area contributed by atoms with Crippen LogP contribution in [0.25, 0.3) is 0 Å². The van der Waals surface area contributed by atoms with Crippen molar-refractivity contribution < 1.29 is 13.6 Å². The van der Waals surface area contributed by atoms with Crippen molar-refractivity contribution in [3.63, 3.8) is 0 Å². The van der Waals surface area contributed by atoms with Crippen LogP contribution in [-0.4, -0.2) is 16.6 Å². The summed E-state index contributed by atoms with van der Waals surface area (Å²) in [7, 11) is 0. The molecule has 1 unspecified atom stereocenters. The zero-order chi connectivity index (χ0) is 16.4. The van der Waals surface area contributed by atoms with Crippen LogP contribution in [0.15, 0.2) is 42.5 Å². The minimum atomic E-state index is -0.622. The molecule has 0 spiro atoms. The van der Waals surface area contributed by atoms with Crippen LogP contribution in [-0.2, 0) is 17.8 Å². The molecule has 5 heteroatoms. The monoisotopic (exact) mass is 333 g/mol. The average Bonchev–Trinajstić information content (AvgIpc) is 2.87. The fraction of sp³-hybridized carbons (Fsp3) is 0.278. The third-order valence-corrected chi connectivity index (χ3v) is 5.17. The van der Waals surface area contributed by atoms with Crippen molar-refractivity contribution in [1.82, 2.24) is 4.90 Å². The van der Waals surface area contributed by atoms with E-state index in [1.54, 1.807) is 16.7 Å². The number of nitrogens with zero attached hydrogens (tertiary/aromatic N) is 1. The first kappa shape index (κ1) is 16.0. The SMILES string of the molecule is CCc1ccc(C2SCC(=O)N2Cc2cc(F)cc(F)c2)cc1. The summed E-state index contributed by atoms with van der Waals surface area (Å²) in [4.78, 5) is 13.9. The first-order valence-corrected chi connectivity index (χ1v) is 8.56. The van der Waals surface area contributed by atoms with Gasteiger partial charge in [-0.1, -0.05) is 31.2 Å². The van der Waals surface area contributed by atoms with E-state index in [1.165, 1.54) is 17.7 Å². The van der Waals surface area contributed by atoms with Crippen molar-refractivity contribution in [3.05, 3.63) is 70.8 Å². The van der Waals surface area contributed by atoms with E-state index >= 15 is 0 Å². The molecule has 2 aromatic carbocycles. The summed E-state index contributed by atoms with van der Waals surface area (Å²) in [6.07, 6.45) is 0.962. The van der Waals surface area contributed by atoms with E-state index in [1.807, 2.05) is 12.1 Å². The maximum absolute atomic E-state index is 13.4. The molecule has 1 aliphatic rings. The number of amides is 1. The molecule has 23 heavy (non-hydrogen) atoms. The van der Waals surface area contributed by atoms with Crippen LogP contribution in [0, 0.1) is 11.6 Å². The highest BCUT2D eigenvalue weighted by atomic mass is 32.2. The summed E-state index contributed by atoms with van der Waals surface area (Å²) in [5.74, 6) is -0.867. The van der Waals surface area contributed by atoms with Gasteiger partial charge in [0.25, 0.3) is 0 Å². The molecule has 1 atom stereocenters. The third kappa shape index (κ3) is 3.55. The van der Waals surface area contributed by atoms with Gasteiger partial charge in [0.15, 0.2) is 0 Å². The predicted molar refractivity (Wildman–Crippen MR) is 87.9 cm³/mol. The minimum Gasteiger partial charge on any atom is -0.322 e. The van der Waals surface area contributed by atoms with Crippen LogP contribution in [0.4, 0.5) is 8.78 Å². The van der Waals surface area contributed by atoms with Gasteiger partial charge < -0.3 is 4.90 Å². The number of halogens is 2. The lowest BCUT2D eigenvalue weighted by Gasteiger charge is -2.24. The first-order valence-electron chi connectivity index (χ1n) is 7.51. The summed E-state index contributed by atoms with van der Waals surface area (Å²) < 4.78 is 26.7. The molecule has 0 N–H and O–H groups in total. The molecular weight excluding hydrogens is 316 g/mol. The molecule has 1 aliphatic heterocycles. The lowest BCUT2D eigenvalue weighted by molar-refractivity contribution is -0.128. The van der Waals surface area contributed by atoms with Gasteiger partial charge in [0.1, 0.15) is 17.0 Å². The molecule has 1 fully saturated rings. The number of carbonyl (C=O) groups excluding carboxylic acids is 1. The lowest BCUT2D eigenvalue weighted by atomic mass is 10.1. The standard InChI is InChI=1S/C18H17F2NOS/c1-2-12-3-5-14(6-4-12)18-21(17(22)11-23-18)10-13-7-15(19)9-16(20)8-13/h3-9,18H,2,10-11H2,1H3. The summed E-state index contributed by atoms with van der Waals surface area (Å²) >= 11 is 1.54. The van der Waals surface area contributed by atoms with Crippen molar-refractivity contribution in [1.29, 1.82) is 0 Å². The Kier molecular flexibility index (Phi) is 4.66. The summed E-state index contributed by atoms with van der Waals surface area (Å²) in [6.45, 7) is 2.30. The molecule has 2 nitrogen and oxygen atoms in total. The Morgan fingerprint density at radius 2 is 1.74 bits per heavy atom. The number of thioether (sulfide) groups is 1. The fourth-order valence-electron chi connectivity index (χ4n) is 2.72. The molecule has 0 saturated carbocycles. The van der Waals surface area contributed by atoms with Gasteiger partial charge >= 0.3 is 0 Å². The largest absolute Gasteiger partial charge is 0.322 e. The molecular formula is C18H17F2NOS. The van der Waals surface area contributed by atoms with Crippen LogP contribution >= 0.6 is 11.8 Å². The molecule has 0 aromatic heterocycles. The first-order chi connectivity index (χ1) is 11.1. The van der Waals surface area contributed by atoms with Gasteiger partial charge in [-0.2, -0.15) is 0 Å². The van der Waals surface area contributed by atoms with Crippen molar-refractivity contribution in [2.24, 2.45) is 0 Å². The second-order valence-corrected chi connectivity index (χ2v) is 6.63. The van der Waals surface area contributed by atoms with Crippen LogP contribution in [0.1, 0.15) is 29.0 Å². The van der Waals surface area contributed by atoms with E-state index in [0.717, 1.165) is 18.1 Å². The highest BCUT2D eigenvalue weighted by Crippen LogP contribution is 2.39. The molecule has 0 bridgehead atoms. The van der Waals surface area contributed by atoms with E-state index in [9.17, 15) is 13.6 Å². The highest BCUT2D eigenvalue weighted by Gasteiger charge is 2.32. The van der Waals surface area contributed by atoms with Crippen LogP contribution in [0.3, 0.4) is 0 Å². The molecule has 3 rings (SSSR count). The summed E-state index contributed by atoms with van der Waals surface area (Å²) in [6, 6.07) is 11.5. The zero-order valence-corrected chi connectivity index (χ0v) is 13.6.